The average Bonchev–Trinajstić information content (AvgIpc) is 2.89. The Morgan fingerprint density at radius 3 is 2.33 bits per heavy atom. The molecular weight excluding hydrogens is 321 g/mol. The number of halogens is 2. The summed E-state index contributed by atoms with van der Waals surface area (Å²) in [6.45, 7) is 9.73. The van der Waals surface area contributed by atoms with Gasteiger partial charge in [-0.05, 0) is 41.8 Å². The molecule has 0 bridgehead atoms. The van der Waals surface area contributed by atoms with Crippen molar-refractivity contribution in [2.75, 3.05) is 6.54 Å². The Morgan fingerprint density at radius 2 is 1.81 bits per heavy atom. The van der Waals surface area contributed by atoms with E-state index in [9.17, 15) is 0 Å². The lowest BCUT2D eigenvalue weighted by Gasteiger charge is -2.19. The third-order valence-corrected chi connectivity index (χ3v) is 5.65. The summed E-state index contributed by atoms with van der Waals surface area (Å²) >= 11 is 14.0. The van der Waals surface area contributed by atoms with Crippen LogP contribution in [0.3, 0.4) is 0 Å². The van der Waals surface area contributed by atoms with Gasteiger partial charge in [-0.25, -0.2) is 0 Å². The number of nitrogens with one attached hydrogen (secondary N) is 1. The average molecular weight is 342 g/mol. The lowest BCUT2D eigenvalue weighted by atomic mass is 9.95. The van der Waals surface area contributed by atoms with Crippen LogP contribution in [0.1, 0.15) is 49.1 Å². The van der Waals surface area contributed by atoms with Gasteiger partial charge in [0.15, 0.2) is 0 Å². The summed E-state index contributed by atoms with van der Waals surface area (Å²) in [5.74, 6) is 0. The number of hydrogen-bond donors (Lipinski definition) is 1. The molecule has 0 saturated carbocycles. The molecule has 0 aliphatic heterocycles. The van der Waals surface area contributed by atoms with Gasteiger partial charge in [-0.15, -0.1) is 11.3 Å². The molecular formula is C17H21Cl2NS. The molecule has 114 valence electrons. The first-order chi connectivity index (χ1) is 9.82. The molecule has 1 heterocycles. The number of hydrogen-bond acceptors (Lipinski definition) is 2. The molecule has 0 aliphatic rings. The summed E-state index contributed by atoms with van der Waals surface area (Å²) < 4.78 is 0. The van der Waals surface area contributed by atoms with Gasteiger partial charge in [-0.1, -0.05) is 57.0 Å². The zero-order valence-electron chi connectivity index (χ0n) is 12.8. The van der Waals surface area contributed by atoms with Crippen LogP contribution in [-0.4, -0.2) is 6.54 Å². The molecule has 0 radical (unpaired) electrons. The molecule has 0 spiro atoms. The quantitative estimate of drug-likeness (QED) is 0.713. The van der Waals surface area contributed by atoms with Gasteiger partial charge in [0.25, 0.3) is 0 Å². The minimum Gasteiger partial charge on any atom is -0.306 e. The highest BCUT2D eigenvalue weighted by atomic mass is 35.5. The number of rotatable bonds is 4. The van der Waals surface area contributed by atoms with Gasteiger partial charge in [0.05, 0.1) is 16.1 Å². The zero-order chi connectivity index (χ0) is 15.6. The molecule has 21 heavy (non-hydrogen) atoms. The first kappa shape index (κ1) is 16.8. The van der Waals surface area contributed by atoms with Crippen molar-refractivity contribution in [1.29, 1.82) is 0 Å². The second-order valence-corrected chi connectivity index (χ2v) is 8.05. The molecule has 1 aromatic carbocycles. The Hall–Kier alpha value is -0.540. The van der Waals surface area contributed by atoms with E-state index in [0.717, 1.165) is 12.1 Å². The topological polar surface area (TPSA) is 12.0 Å². The molecule has 0 saturated heterocycles. The van der Waals surface area contributed by atoms with Crippen LogP contribution < -0.4 is 5.32 Å². The van der Waals surface area contributed by atoms with Crippen LogP contribution in [0.15, 0.2) is 30.3 Å². The minimum absolute atomic E-state index is 0.158. The normalized spacial score (nSPS) is 13.4. The Bertz CT molecular complexity index is 613. The maximum atomic E-state index is 6.17. The lowest BCUT2D eigenvalue weighted by molar-refractivity contribution is 0.604. The molecule has 2 aromatic rings. The second-order valence-electron chi connectivity index (χ2n) is 6.12. The van der Waals surface area contributed by atoms with E-state index in [1.165, 1.54) is 9.75 Å². The van der Waals surface area contributed by atoms with Gasteiger partial charge in [-0.2, -0.15) is 0 Å². The Balaban J connectivity index is 2.38. The van der Waals surface area contributed by atoms with Gasteiger partial charge in [0, 0.05) is 9.75 Å². The fourth-order valence-corrected chi connectivity index (χ4v) is 3.67. The van der Waals surface area contributed by atoms with Crippen molar-refractivity contribution in [3.63, 3.8) is 0 Å². The predicted octanol–water partition coefficient (Wildman–Crippen LogP) is 6.05. The van der Waals surface area contributed by atoms with Gasteiger partial charge >= 0.3 is 0 Å². The van der Waals surface area contributed by atoms with Crippen LogP contribution in [0.2, 0.25) is 10.0 Å². The third kappa shape index (κ3) is 4.01. The summed E-state index contributed by atoms with van der Waals surface area (Å²) in [6, 6.07) is 10.4. The van der Waals surface area contributed by atoms with Gasteiger partial charge in [0.2, 0.25) is 0 Å². The highest BCUT2D eigenvalue weighted by Gasteiger charge is 2.21. The van der Waals surface area contributed by atoms with Crippen LogP contribution in [0.25, 0.3) is 0 Å². The van der Waals surface area contributed by atoms with E-state index in [4.69, 9.17) is 23.2 Å². The molecule has 0 aliphatic carbocycles. The maximum absolute atomic E-state index is 6.17. The molecule has 4 heteroatoms. The molecule has 1 N–H and O–H groups in total. The first-order valence-electron chi connectivity index (χ1n) is 7.11. The van der Waals surface area contributed by atoms with Crippen molar-refractivity contribution >= 4 is 34.5 Å². The first-order valence-corrected chi connectivity index (χ1v) is 8.68. The van der Waals surface area contributed by atoms with Gasteiger partial charge in [-0.3, -0.25) is 0 Å². The molecule has 2 rings (SSSR count). The number of benzene rings is 1. The maximum Gasteiger partial charge on any atom is 0.0671 e. The highest BCUT2D eigenvalue weighted by Crippen LogP contribution is 2.36. The SMILES string of the molecule is CCNC(c1ccc(Cl)c(Cl)c1)c1ccc(C(C)(C)C)s1. The van der Waals surface area contributed by atoms with E-state index >= 15 is 0 Å². The van der Waals surface area contributed by atoms with E-state index in [2.05, 4.69) is 45.1 Å². The Labute approximate surface area is 141 Å². The molecule has 1 nitrogen and oxygen atoms in total. The number of thiophene rings is 1. The van der Waals surface area contributed by atoms with Gasteiger partial charge in [0.1, 0.15) is 0 Å². The summed E-state index contributed by atoms with van der Waals surface area (Å²) in [4.78, 5) is 2.70. The highest BCUT2D eigenvalue weighted by molar-refractivity contribution is 7.12. The predicted molar refractivity (Wildman–Crippen MR) is 95.0 cm³/mol. The molecule has 1 unspecified atom stereocenters. The van der Waals surface area contributed by atoms with Crippen molar-refractivity contribution in [2.45, 2.75) is 39.2 Å². The monoisotopic (exact) mass is 341 g/mol. The van der Waals surface area contributed by atoms with E-state index in [1.54, 1.807) is 0 Å². The summed E-state index contributed by atoms with van der Waals surface area (Å²) in [5, 5.41) is 4.73. The smallest absolute Gasteiger partial charge is 0.0671 e. The van der Waals surface area contributed by atoms with Crippen molar-refractivity contribution in [1.82, 2.24) is 5.32 Å². The van der Waals surface area contributed by atoms with E-state index < -0.39 is 0 Å². The van der Waals surface area contributed by atoms with Crippen molar-refractivity contribution < 1.29 is 0 Å². The largest absolute Gasteiger partial charge is 0.306 e. The summed E-state index contributed by atoms with van der Waals surface area (Å²) in [6.07, 6.45) is 0. The van der Waals surface area contributed by atoms with Crippen molar-refractivity contribution in [2.24, 2.45) is 0 Å². The van der Waals surface area contributed by atoms with Gasteiger partial charge < -0.3 is 5.32 Å². The van der Waals surface area contributed by atoms with Crippen LogP contribution in [0.5, 0.6) is 0 Å². The fourth-order valence-electron chi connectivity index (χ4n) is 2.19. The second kappa shape index (κ2) is 6.70. The van der Waals surface area contributed by atoms with E-state index in [1.807, 2.05) is 29.5 Å². The molecule has 0 amide bonds. The van der Waals surface area contributed by atoms with Crippen LogP contribution >= 0.6 is 34.5 Å². The van der Waals surface area contributed by atoms with Crippen LogP contribution in [-0.2, 0) is 5.41 Å². The summed E-state index contributed by atoms with van der Waals surface area (Å²) in [7, 11) is 0. The Kier molecular flexibility index (Phi) is 5.37. The molecule has 0 fully saturated rings. The zero-order valence-corrected chi connectivity index (χ0v) is 15.2. The van der Waals surface area contributed by atoms with Crippen LogP contribution in [0.4, 0.5) is 0 Å². The lowest BCUT2D eigenvalue weighted by Crippen LogP contribution is -2.21. The standard InChI is InChI=1S/C17H21Cl2NS/c1-5-20-16(11-6-7-12(18)13(19)10-11)14-8-9-15(21-14)17(2,3)4/h6-10,16,20H,5H2,1-4H3. The van der Waals surface area contributed by atoms with E-state index in [0.29, 0.717) is 10.0 Å². The minimum atomic E-state index is 0.158. The third-order valence-electron chi connectivity index (χ3n) is 3.34. The fraction of sp³-hybridized carbons (Fsp3) is 0.412. The Morgan fingerprint density at radius 1 is 1.10 bits per heavy atom. The van der Waals surface area contributed by atoms with Crippen molar-refractivity contribution in [3.8, 4) is 0 Å². The molecule has 1 aromatic heterocycles. The molecule has 1 atom stereocenters. The van der Waals surface area contributed by atoms with E-state index in [-0.39, 0.29) is 11.5 Å². The summed E-state index contributed by atoms with van der Waals surface area (Å²) in [5.41, 5.74) is 1.32. The van der Waals surface area contributed by atoms with Crippen LogP contribution in [0, 0.1) is 0 Å². The van der Waals surface area contributed by atoms with Crippen molar-refractivity contribution in [3.05, 3.63) is 55.7 Å².